The molecule has 1 aliphatic rings. The van der Waals surface area contributed by atoms with E-state index in [1.807, 2.05) is 0 Å². The minimum Gasteiger partial charge on any atom is -0.469 e. The lowest BCUT2D eigenvalue weighted by Crippen LogP contribution is -2.41. The van der Waals surface area contributed by atoms with E-state index in [1.165, 1.54) is 20.1 Å². The van der Waals surface area contributed by atoms with Crippen molar-refractivity contribution in [2.75, 3.05) is 13.7 Å². The zero-order valence-corrected chi connectivity index (χ0v) is 12.7. The van der Waals surface area contributed by atoms with Crippen LogP contribution in [-0.2, 0) is 19.9 Å². The molecule has 0 unspecified atom stereocenters. The molecule has 3 amide bonds. The summed E-state index contributed by atoms with van der Waals surface area (Å²) in [6.07, 6.45) is -0.108. The molecule has 1 fully saturated rings. The van der Waals surface area contributed by atoms with Crippen LogP contribution in [0, 0.1) is 5.82 Å². The Morgan fingerprint density at radius 3 is 2.73 bits per heavy atom. The van der Waals surface area contributed by atoms with Crippen molar-refractivity contribution >= 4 is 29.5 Å². The molecule has 22 heavy (non-hydrogen) atoms. The van der Waals surface area contributed by atoms with Crippen LogP contribution in [0.2, 0.25) is 5.02 Å². The molecule has 1 aromatic carbocycles. The molecule has 1 heterocycles. The lowest BCUT2D eigenvalue weighted by atomic mass is 9.92. The molecule has 1 N–H and O–H groups in total. The molecule has 0 aromatic heterocycles. The van der Waals surface area contributed by atoms with Gasteiger partial charge < -0.3 is 10.1 Å². The minimum atomic E-state index is -1.40. The first kappa shape index (κ1) is 16.2. The monoisotopic (exact) mass is 328 g/mol. The maximum atomic E-state index is 13.1. The zero-order valence-electron chi connectivity index (χ0n) is 12.0. The van der Waals surface area contributed by atoms with E-state index in [2.05, 4.69) is 10.1 Å². The number of esters is 1. The van der Waals surface area contributed by atoms with Gasteiger partial charge in [0.1, 0.15) is 11.4 Å². The summed E-state index contributed by atoms with van der Waals surface area (Å²) in [7, 11) is 1.22. The Kier molecular flexibility index (Phi) is 4.37. The lowest BCUT2D eigenvalue weighted by Gasteiger charge is -2.23. The first-order valence-corrected chi connectivity index (χ1v) is 6.84. The number of imide groups is 1. The third-order valence-electron chi connectivity index (χ3n) is 3.51. The summed E-state index contributed by atoms with van der Waals surface area (Å²) in [5.74, 6) is -1.64. The first-order chi connectivity index (χ1) is 10.3. The molecule has 1 saturated heterocycles. The Labute approximate surface area is 131 Å². The molecule has 0 bridgehead atoms. The molecule has 0 saturated carbocycles. The summed E-state index contributed by atoms with van der Waals surface area (Å²) in [5, 5.41) is 2.56. The van der Waals surface area contributed by atoms with Gasteiger partial charge in [0.05, 0.1) is 13.5 Å². The second kappa shape index (κ2) is 5.92. The average molecular weight is 329 g/mol. The number of nitrogens with one attached hydrogen (secondary N) is 1. The molecule has 1 aliphatic heterocycles. The molecule has 0 aliphatic carbocycles. The van der Waals surface area contributed by atoms with Gasteiger partial charge in [-0.2, -0.15) is 0 Å². The number of benzene rings is 1. The Morgan fingerprint density at radius 1 is 1.45 bits per heavy atom. The van der Waals surface area contributed by atoms with Crippen molar-refractivity contribution in [3.63, 3.8) is 0 Å². The van der Waals surface area contributed by atoms with E-state index in [-0.39, 0.29) is 23.6 Å². The predicted molar refractivity (Wildman–Crippen MR) is 75.6 cm³/mol. The van der Waals surface area contributed by atoms with Crippen molar-refractivity contribution in [1.82, 2.24) is 10.2 Å². The van der Waals surface area contributed by atoms with Crippen LogP contribution in [0.15, 0.2) is 18.2 Å². The number of carbonyl (C=O) groups is 3. The molecule has 1 atom stereocenters. The maximum absolute atomic E-state index is 13.1. The van der Waals surface area contributed by atoms with Crippen LogP contribution < -0.4 is 5.32 Å². The third-order valence-corrected chi connectivity index (χ3v) is 3.82. The third kappa shape index (κ3) is 2.76. The second-order valence-corrected chi connectivity index (χ2v) is 5.37. The fourth-order valence-corrected chi connectivity index (χ4v) is 2.64. The highest BCUT2D eigenvalue weighted by molar-refractivity contribution is 6.32. The van der Waals surface area contributed by atoms with Crippen molar-refractivity contribution in [3.8, 4) is 0 Å². The number of carbonyl (C=O) groups excluding carboxylic acids is 3. The Bertz CT molecular complexity index is 652. The van der Waals surface area contributed by atoms with Gasteiger partial charge in [-0.05, 0) is 19.1 Å². The summed E-state index contributed by atoms with van der Waals surface area (Å²) in [6.45, 7) is 1.37. The largest absolute Gasteiger partial charge is 0.469 e. The summed E-state index contributed by atoms with van der Waals surface area (Å²) in [5.41, 5.74) is -1.12. The molecule has 1 aromatic rings. The van der Waals surface area contributed by atoms with Crippen LogP contribution in [0.5, 0.6) is 0 Å². The number of methoxy groups -OCH3 is 1. The highest BCUT2D eigenvalue weighted by atomic mass is 35.5. The van der Waals surface area contributed by atoms with E-state index in [0.29, 0.717) is 0 Å². The number of halogens is 2. The van der Waals surface area contributed by atoms with Gasteiger partial charge in [0, 0.05) is 17.1 Å². The average Bonchev–Trinajstić information content (AvgIpc) is 2.67. The fraction of sp³-hybridized carbons (Fsp3) is 0.357. The van der Waals surface area contributed by atoms with Crippen molar-refractivity contribution < 1.29 is 23.5 Å². The van der Waals surface area contributed by atoms with E-state index in [1.54, 1.807) is 0 Å². The van der Waals surface area contributed by atoms with Crippen LogP contribution in [0.3, 0.4) is 0 Å². The number of amides is 3. The van der Waals surface area contributed by atoms with Crippen LogP contribution in [-0.4, -0.2) is 36.5 Å². The Hall–Kier alpha value is -2.15. The summed E-state index contributed by atoms with van der Waals surface area (Å²) < 4.78 is 17.6. The summed E-state index contributed by atoms with van der Waals surface area (Å²) in [4.78, 5) is 36.6. The van der Waals surface area contributed by atoms with E-state index >= 15 is 0 Å². The van der Waals surface area contributed by atoms with Crippen molar-refractivity contribution in [2.45, 2.75) is 18.9 Å². The minimum absolute atomic E-state index is 0.0333. The normalized spacial score (nSPS) is 21.0. The van der Waals surface area contributed by atoms with Crippen molar-refractivity contribution in [2.24, 2.45) is 0 Å². The highest BCUT2D eigenvalue weighted by Gasteiger charge is 2.49. The summed E-state index contributed by atoms with van der Waals surface area (Å²) >= 11 is 5.97. The van der Waals surface area contributed by atoms with E-state index in [9.17, 15) is 18.8 Å². The van der Waals surface area contributed by atoms with E-state index in [0.717, 1.165) is 17.0 Å². The fourth-order valence-electron chi connectivity index (χ4n) is 2.28. The highest BCUT2D eigenvalue weighted by Crippen LogP contribution is 2.33. The Balaban J connectivity index is 2.27. The SMILES string of the molecule is COC(=O)CCN1C(=O)N[C@@](C)(c2ccc(F)cc2Cl)C1=O. The molecule has 6 nitrogen and oxygen atoms in total. The topological polar surface area (TPSA) is 75.7 Å². The smallest absolute Gasteiger partial charge is 0.325 e. The van der Waals surface area contributed by atoms with Gasteiger partial charge in [0.2, 0.25) is 0 Å². The number of rotatable bonds is 4. The van der Waals surface area contributed by atoms with Gasteiger partial charge >= 0.3 is 12.0 Å². The van der Waals surface area contributed by atoms with Crippen LogP contribution in [0.4, 0.5) is 9.18 Å². The summed E-state index contributed by atoms with van der Waals surface area (Å²) in [6, 6.07) is 2.93. The van der Waals surface area contributed by atoms with E-state index in [4.69, 9.17) is 11.6 Å². The number of nitrogens with zero attached hydrogens (tertiary/aromatic N) is 1. The van der Waals surface area contributed by atoms with Gasteiger partial charge in [-0.15, -0.1) is 0 Å². The van der Waals surface area contributed by atoms with Crippen LogP contribution in [0.25, 0.3) is 0 Å². The van der Waals surface area contributed by atoms with Gasteiger partial charge in [-0.3, -0.25) is 14.5 Å². The molecule has 2 rings (SSSR count). The van der Waals surface area contributed by atoms with Gasteiger partial charge in [0.25, 0.3) is 5.91 Å². The molecule has 8 heteroatoms. The number of hydrogen-bond acceptors (Lipinski definition) is 4. The van der Waals surface area contributed by atoms with E-state index < -0.39 is 29.3 Å². The maximum Gasteiger partial charge on any atom is 0.325 e. The molecule has 118 valence electrons. The second-order valence-electron chi connectivity index (χ2n) is 4.96. The molecular weight excluding hydrogens is 315 g/mol. The van der Waals surface area contributed by atoms with Gasteiger partial charge in [-0.1, -0.05) is 17.7 Å². The number of urea groups is 1. The van der Waals surface area contributed by atoms with Crippen molar-refractivity contribution in [1.29, 1.82) is 0 Å². The number of hydrogen-bond donors (Lipinski definition) is 1. The number of ether oxygens (including phenoxy) is 1. The quantitative estimate of drug-likeness (QED) is 0.675. The standard InChI is InChI=1S/C14H14ClFN2O4/c1-14(9-4-3-8(16)7-10(9)15)12(20)18(13(21)17-14)6-5-11(19)22-2/h3-4,7H,5-6H2,1-2H3,(H,17,21)/t14-/m0/s1. The van der Waals surface area contributed by atoms with Crippen molar-refractivity contribution in [3.05, 3.63) is 34.6 Å². The van der Waals surface area contributed by atoms with Gasteiger partial charge in [0.15, 0.2) is 0 Å². The van der Waals surface area contributed by atoms with Crippen LogP contribution in [0.1, 0.15) is 18.9 Å². The van der Waals surface area contributed by atoms with Crippen LogP contribution >= 0.6 is 11.6 Å². The zero-order chi connectivity index (χ0) is 16.5. The lowest BCUT2D eigenvalue weighted by molar-refractivity contribution is -0.141. The molecule has 0 spiro atoms. The Morgan fingerprint density at radius 2 is 2.14 bits per heavy atom. The first-order valence-electron chi connectivity index (χ1n) is 6.46. The predicted octanol–water partition coefficient (Wildman–Crippen LogP) is 1.81. The van der Waals surface area contributed by atoms with Gasteiger partial charge in [-0.25, -0.2) is 9.18 Å². The molecule has 0 radical (unpaired) electrons. The molecular formula is C14H14ClFN2O4.